The van der Waals surface area contributed by atoms with E-state index in [1.54, 1.807) is 0 Å². The Labute approximate surface area is 99.8 Å². The average molecular weight is 242 g/mol. The molecule has 1 unspecified atom stereocenters. The van der Waals surface area contributed by atoms with Gasteiger partial charge >= 0.3 is 0 Å². The van der Waals surface area contributed by atoms with Gasteiger partial charge in [0.25, 0.3) is 0 Å². The van der Waals surface area contributed by atoms with E-state index >= 15 is 0 Å². The van der Waals surface area contributed by atoms with Crippen LogP contribution in [0, 0.1) is 0 Å². The maximum absolute atomic E-state index is 3.55. The molecule has 1 atom stereocenters. The molecule has 1 fully saturated rings. The van der Waals surface area contributed by atoms with Crippen molar-refractivity contribution in [2.45, 2.75) is 19.0 Å². The minimum absolute atomic E-state index is 0.722. The van der Waals surface area contributed by atoms with Crippen LogP contribution >= 0.6 is 23.1 Å². The van der Waals surface area contributed by atoms with Crippen LogP contribution in [-0.2, 0) is 6.54 Å². The quantitative estimate of drug-likeness (QED) is 0.772. The second-order valence-corrected chi connectivity index (χ2v) is 5.95. The highest BCUT2D eigenvalue weighted by atomic mass is 32.2. The van der Waals surface area contributed by atoms with E-state index in [-0.39, 0.29) is 0 Å². The Balaban J connectivity index is 1.54. The number of nitrogens with one attached hydrogen (secondary N) is 2. The molecule has 0 bridgehead atoms. The molecule has 0 aromatic carbocycles. The number of hydrogen-bond donors (Lipinski definition) is 2. The first-order valence-electron chi connectivity index (χ1n) is 5.49. The summed E-state index contributed by atoms with van der Waals surface area (Å²) < 4.78 is 0. The largest absolute Gasteiger partial charge is 0.312 e. The highest BCUT2D eigenvalue weighted by Gasteiger charge is 2.11. The fourth-order valence-corrected chi connectivity index (χ4v) is 3.38. The first-order chi connectivity index (χ1) is 7.45. The predicted molar refractivity (Wildman–Crippen MR) is 69.8 cm³/mol. The molecule has 1 aliphatic rings. The van der Waals surface area contributed by atoms with Crippen molar-refractivity contribution >= 4 is 23.1 Å². The Morgan fingerprint density at radius 1 is 1.53 bits per heavy atom. The summed E-state index contributed by atoms with van der Waals surface area (Å²) in [5.41, 5.74) is 0. The summed E-state index contributed by atoms with van der Waals surface area (Å²) in [6.45, 7) is 3.33. The highest BCUT2D eigenvalue weighted by Crippen LogP contribution is 2.10. The third kappa shape index (κ3) is 4.15. The first-order valence-corrected chi connectivity index (χ1v) is 7.53. The monoisotopic (exact) mass is 242 g/mol. The van der Waals surface area contributed by atoms with E-state index in [4.69, 9.17) is 0 Å². The summed E-state index contributed by atoms with van der Waals surface area (Å²) in [7, 11) is 0. The predicted octanol–water partition coefficient (Wildman–Crippen LogP) is 1.93. The Kier molecular flexibility index (Phi) is 4.99. The van der Waals surface area contributed by atoms with Gasteiger partial charge < -0.3 is 10.6 Å². The van der Waals surface area contributed by atoms with Crippen LogP contribution in [0.25, 0.3) is 0 Å². The van der Waals surface area contributed by atoms with Gasteiger partial charge in [0.05, 0.1) is 0 Å². The molecule has 15 heavy (non-hydrogen) atoms. The van der Waals surface area contributed by atoms with Crippen LogP contribution in [0.2, 0.25) is 0 Å². The van der Waals surface area contributed by atoms with Gasteiger partial charge in [-0.3, -0.25) is 0 Å². The van der Waals surface area contributed by atoms with Crippen LogP contribution in [0.1, 0.15) is 11.3 Å². The van der Waals surface area contributed by atoms with Crippen molar-refractivity contribution in [1.82, 2.24) is 10.6 Å². The third-order valence-corrected chi connectivity index (χ3v) is 4.55. The molecule has 2 rings (SSSR count). The lowest BCUT2D eigenvalue weighted by Crippen LogP contribution is -2.39. The molecule has 0 saturated carbocycles. The van der Waals surface area contributed by atoms with E-state index in [9.17, 15) is 0 Å². The van der Waals surface area contributed by atoms with Crippen molar-refractivity contribution in [3.8, 4) is 0 Å². The zero-order valence-corrected chi connectivity index (χ0v) is 10.5. The molecule has 2 nitrogen and oxygen atoms in total. The molecule has 1 aromatic rings. The second kappa shape index (κ2) is 6.53. The molecular formula is C11H18N2S2. The fraction of sp³-hybridized carbons (Fsp3) is 0.636. The molecule has 0 spiro atoms. The third-order valence-electron chi connectivity index (χ3n) is 2.55. The average Bonchev–Trinajstić information content (AvgIpc) is 2.79. The van der Waals surface area contributed by atoms with Crippen molar-refractivity contribution in [1.29, 1.82) is 0 Å². The molecular weight excluding hydrogens is 224 g/mol. The van der Waals surface area contributed by atoms with E-state index in [1.807, 2.05) is 11.3 Å². The van der Waals surface area contributed by atoms with E-state index in [2.05, 4.69) is 39.9 Å². The zero-order valence-electron chi connectivity index (χ0n) is 8.87. The summed E-state index contributed by atoms with van der Waals surface area (Å²) in [6.07, 6.45) is 1.25. The van der Waals surface area contributed by atoms with E-state index in [0.717, 1.165) is 19.1 Å². The topological polar surface area (TPSA) is 24.1 Å². The smallest absolute Gasteiger partial charge is 0.0299 e. The van der Waals surface area contributed by atoms with Gasteiger partial charge in [-0.15, -0.1) is 11.3 Å². The molecule has 1 saturated heterocycles. The van der Waals surface area contributed by atoms with Gasteiger partial charge in [-0.1, -0.05) is 6.07 Å². The molecule has 0 aliphatic carbocycles. The van der Waals surface area contributed by atoms with Crippen molar-refractivity contribution in [3.05, 3.63) is 22.4 Å². The summed E-state index contributed by atoms with van der Waals surface area (Å²) in [5, 5.41) is 9.19. The summed E-state index contributed by atoms with van der Waals surface area (Å²) in [6, 6.07) is 5.02. The van der Waals surface area contributed by atoms with Gasteiger partial charge in [0.15, 0.2) is 0 Å². The molecule has 1 aromatic heterocycles. The Hall–Kier alpha value is -0.0300. The van der Waals surface area contributed by atoms with Crippen LogP contribution in [-0.4, -0.2) is 30.6 Å². The fourth-order valence-electron chi connectivity index (χ4n) is 1.71. The lowest BCUT2D eigenvalue weighted by Gasteiger charge is -2.23. The standard InChI is InChI=1S/C11H18N2S2/c1-2-11(15-6-1)8-12-4-3-10-9-14-7-5-13-10/h1-2,6,10,12-13H,3-5,7-9H2. The summed E-state index contributed by atoms with van der Waals surface area (Å²) in [5.74, 6) is 2.56. The van der Waals surface area contributed by atoms with Crippen molar-refractivity contribution in [2.75, 3.05) is 24.6 Å². The van der Waals surface area contributed by atoms with E-state index in [0.29, 0.717) is 0 Å². The van der Waals surface area contributed by atoms with Crippen LogP contribution in [0.4, 0.5) is 0 Å². The molecule has 84 valence electrons. The van der Waals surface area contributed by atoms with Gasteiger partial charge in [-0.05, 0) is 24.4 Å². The zero-order chi connectivity index (χ0) is 10.3. The number of thioether (sulfide) groups is 1. The SMILES string of the molecule is c1csc(CNCCC2CSCCN2)c1. The number of thiophene rings is 1. The van der Waals surface area contributed by atoms with E-state index in [1.165, 1.54) is 29.3 Å². The Bertz CT molecular complexity index is 256. The highest BCUT2D eigenvalue weighted by molar-refractivity contribution is 7.99. The Morgan fingerprint density at radius 3 is 3.27 bits per heavy atom. The van der Waals surface area contributed by atoms with Crippen molar-refractivity contribution in [2.24, 2.45) is 0 Å². The first kappa shape index (κ1) is 11.5. The number of hydrogen-bond acceptors (Lipinski definition) is 4. The maximum Gasteiger partial charge on any atom is 0.0299 e. The summed E-state index contributed by atoms with van der Waals surface area (Å²) >= 11 is 3.90. The molecule has 1 aliphatic heterocycles. The lowest BCUT2D eigenvalue weighted by molar-refractivity contribution is 0.504. The van der Waals surface area contributed by atoms with Crippen molar-refractivity contribution in [3.63, 3.8) is 0 Å². The van der Waals surface area contributed by atoms with Gasteiger partial charge in [-0.25, -0.2) is 0 Å². The summed E-state index contributed by atoms with van der Waals surface area (Å²) in [4.78, 5) is 1.43. The molecule has 2 heterocycles. The van der Waals surface area contributed by atoms with Crippen LogP contribution < -0.4 is 10.6 Å². The van der Waals surface area contributed by atoms with Gasteiger partial charge in [0, 0.05) is 35.5 Å². The van der Waals surface area contributed by atoms with Crippen LogP contribution in [0.15, 0.2) is 17.5 Å². The van der Waals surface area contributed by atoms with Crippen LogP contribution in [0.5, 0.6) is 0 Å². The van der Waals surface area contributed by atoms with Gasteiger partial charge in [0.2, 0.25) is 0 Å². The minimum Gasteiger partial charge on any atom is -0.312 e. The minimum atomic E-state index is 0.722. The second-order valence-electron chi connectivity index (χ2n) is 3.77. The van der Waals surface area contributed by atoms with Gasteiger partial charge in [-0.2, -0.15) is 11.8 Å². The van der Waals surface area contributed by atoms with E-state index < -0.39 is 0 Å². The normalized spacial score (nSPS) is 21.7. The Morgan fingerprint density at radius 2 is 2.53 bits per heavy atom. The molecule has 2 N–H and O–H groups in total. The maximum atomic E-state index is 3.55. The lowest BCUT2D eigenvalue weighted by atomic mass is 10.2. The van der Waals surface area contributed by atoms with Crippen molar-refractivity contribution < 1.29 is 0 Å². The van der Waals surface area contributed by atoms with Gasteiger partial charge in [0.1, 0.15) is 0 Å². The number of rotatable bonds is 5. The van der Waals surface area contributed by atoms with Crippen LogP contribution in [0.3, 0.4) is 0 Å². The molecule has 4 heteroatoms. The molecule has 0 radical (unpaired) electrons. The molecule has 0 amide bonds.